The summed E-state index contributed by atoms with van der Waals surface area (Å²) in [4.78, 5) is 11.6. The van der Waals surface area contributed by atoms with Crippen molar-refractivity contribution in [3.63, 3.8) is 0 Å². The highest BCUT2D eigenvalue weighted by Gasteiger charge is 2.31. The van der Waals surface area contributed by atoms with Gasteiger partial charge in [-0.15, -0.1) is 5.10 Å². The molecule has 0 bridgehead atoms. The van der Waals surface area contributed by atoms with Gasteiger partial charge in [0, 0.05) is 16.8 Å². The Hall–Kier alpha value is -2.22. The number of esters is 1. The van der Waals surface area contributed by atoms with Gasteiger partial charge in [-0.1, -0.05) is 17.7 Å². The van der Waals surface area contributed by atoms with Crippen molar-refractivity contribution in [2.75, 3.05) is 6.61 Å². The van der Waals surface area contributed by atoms with Crippen LogP contribution in [0.25, 0.3) is 0 Å². The molecule has 0 aliphatic heterocycles. The first kappa shape index (κ1) is 22.1. The van der Waals surface area contributed by atoms with Crippen molar-refractivity contribution in [3.05, 3.63) is 46.1 Å². The number of rotatable bonds is 8. The zero-order valence-electron chi connectivity index (χ0n) is 15.8. The van der Waals surface area contributed by atoms with Gasteiger partial charge in [-0.25, -0.2) is 0 Å². The average molecular weight is 419 g/mol. The Balaban J connectivity index is 2.25. The first-order valence-corrected chi connectivity index (χ1v) is 9.22. The third-order valence-corrected chi connectivity index (χ3v) is 4.14. The van der Waals surface area contributed by atoms with Gasteiger partial charge in [0.05, 0.1) is 31.2 Å². The van der Waals surface area contributed by atoms with Gasteiger partial charge in [0.25, 0.3) is 0 Å². The van der Waals surface area contributed by atoms with Gasteiger partial charge in [0.2, 0.25) is 5.88 Å². The predicted octanol–water partition coefficient (Wildman–Crippen LogP) is 4.89. The first-order valence-electron chi connectivity index (χ1n) is 8.84. The second-order valence-corrected chi connectivity index (χ2v) is 6.81. The first-order chi connectivity index (χ1) is 13.1. The molecule has 1 aromatic carbocycles. The van der Waals surface area contributed by atoms with Crippen LogP contribution in [0.5, 0.6) is 5.88 Å². The van der Waals surface area contributed by atoms with Crippen molar-refractivity contribution < 1.29 is 27.4 Å². The van der Waals surface area contributed by atoms with E-state index in [2.05, 4.69) is 5.10 Å². The van der Waals surface area contributed by atoms with Gasteiger partial charge >= 0.3 is 12.1 Å². The molecule has 154 valence electrons. The average Bonchev–Trinajstić information content (AvgIpc) is 2.94. The second kappa shape index (κ2) is 9.32. The van der Waals surface area contributed by atoms with Crippen LogP contribution in [-0.4, -0.2) is 28.5 Å². The van der Waals surface area contributed by atoms with E-state index in [-0.39, 0.29) is 30.1 Å². The Bertz CT molecular complexity index is 819. The zero-order chi connectivity index (χ0) is 20.9. The molecule has 0 saturated carbocycles. The number of alkyl halides is 3. The van der Waals surface area contributed by atoms with Gasteiger partial charge in [0.15, 0.2) is 0 Å². The lowest BCUT2D eigenvalue weighted by molar-refractivity contribution is -0.143. The molecule has 0 radical (unpaired) electrons. The van der Waals surface area contributed by atoms with E-state index < -0.39 is 11.7 Å². The minimum atomic E-state index is -4.46. The molecule has 0 unspecified atom stereocenters. The van der Waals surface area contributed by atoms with Gasteiger partial charge in [-0.3, -0.25) is 9.48 Å². The highest BCUT2D eigenvalue weighted by molar-refractivity contribution is 6.31. The standard InChI is InChI=1S/C19H22ClF3N2O3/c1-4-27-18(26)8-7-15-10-17(28-12(2)3)24-25(15)11-13-5-6-14(9-16(13)20)19(21,22)23/h5-6,9-10,12H,4,7-8,11H2,1-3H3. The minimum absolute atomic E-state index is 0.00649. The number of benzene rings is 1. The van der Waals surface area contributed by atoms with Gasteiger partial charge in [-0.05, 0) is 44.9 Å². The summed E-state index contributed by atoms with van der Waals surface area (Å²) < 4.78 is 50.5. The molecule has 0 aliphatic rings. The molecule has 0 atom stereocenters. The molecular formula is C19H22ClF3N2O3. The number of carbonyl (C=O) groups excluding carboxylic acids is 1. The molecule has 0 spiro atoms. The number of ether oxygens (including phenoxy) is 2. The third kappa shape index (κ3) is 6.15. The number of aryl methyl sites for hydroxylation is 1. The van der Waals surface area contributed by atoms with Crippen molar-refractivity contribution in [1.29, 1.82) is 0 Å². The van der Waals surface area contributed by atoms with E-state index in [4.69, 9.17) is 21.1 Å². The van der Waals surface area contributed by atoms with Gasteiger partial charge in [-0.2, -0.15) is 13.2 Å². The molecule has 2 aromatic rings. The number of carbonyl (C=O) groups is 1. The Labute approximate surface area is 166 Å². The van der Waals surface area contributed by atoms with Crippen molar-refractivity contribution in [2.24, 2.45) is 0 Å². The summed E-state index contributed by atoms with van der Waals surface area (Å²) in [7, 11) is 0. The fraction of sp³-hybridized carbons (Fsp3) is 0.474. The van der Waals surface area contributed by atoms with E-state index in [1.54, 1.807) is 17.7 Å². The predicted molar refractivity (Wildman–Crippen MR) is 98.5 cm³/mol. The molecule has 9 heteroatoms. The SMILES string of the molecule is CCOC(=O)CCc1cc(OC(C)C)nn1Cc1ccc(C(F)(F)F)cc1Cl. The van der Waals surface area contributed by atoms with E-state index in [1.165, 1.54) is 6.07 Å². The normalized spacial score (nSPS) is 11.7. The lowest BCUT2D eigenvalue weighted by Gasteiger charge is -2.12. The highest BCUT2D eigenvalue weighted by Crippen LogP contribution is 2.32. The maximum atomic E-state index is 12.8. The fourth-order valence-electron chi connectivity index (χ4n) is 2.54. The maximum Gasteiger partial charge on any atom is 0.416 e. The smallest absolute Gasteiger partial charge is 0.416 e. The molecule has 0 fully saturated rings. The summed E-state index contributed by atoms with van der Waals surface area (Å²) in [5.74, 6) is 0.0334. The molecule has 5 nitrogen and oxygen atoms in total. The summed E-state index contributed by atoms with van der Waals surface area (Å²) in [5.41, 5.74) is 0.360. The van der Waals surface area contributed by atoms with Crippen molar-refractivity contribution >= 4 is 17.6 Å². The van der Waals surface area contributed by atoms with Crippen molar-refractivity contribution in [3.8, 4) is 5.88 Å². The van der Waals surface area contributed by atoms with Crippen LogP contribution < -0.4 is 4.74 Å². The van der Waals surface area contributed by atoms with E-state index >= 15 is 0 Å². The number of aromatic nitrogens is 2. The number of hydrogen-bond acceptors (Lipinski definition) is 4. The van der Waals surface area contributed by atoms with Crippen LogP contribution in [0.2, 0.25) is 5.02 Å². The van der Waals surface area contributed by atoms with Gasteiger partial charge in [0.1, 0.15) is 0 Å². The van der Waals surface area contributed by atoms with E-state index in [9.17, 15) is 18.0 Å². The van der Waals surface area contributed by atoms with Crippen molar-refractivity contribution in [2.45, 2.75) is 52.4 Å². The molecule has 28 heavy (non-hydrogen) atoms. The number of nitrogens with zero attached hydrogens (tertiary/aromatic N) is 2. The Morgan fingerprint density at radius 1 is 1.29 bits per heavy atom. The summed E-state index contributed by atoms with van der Waals surface area (Å²) in [5, 5.41) is 4.34. The lowest BCUT2D eigenvalue weighted by atomic mass is 10.1. The van der Waals surface area contributed by atoms with Crippen LogP contribution in [0.1, 0.15) is 44.0 Å². The van der Waals surface area contributed by atoms with E-state index in [0.29, 0.717) is 30.2 Å². The van der Waals surface area contributed by atoms with Gasteiger partial charge < -0.3 is 9.47 Å². The van der Waals surface area contributed by atoms with Crippen LogP contribution in [0.4, 0.5) is 13.2 Å². The zero-order valence-corrected chi connectivity index (χ0v) is 16.6. The van der Waals surface area contributed by atoms with Crippen molar-refractivity contribution in [1.82, 2.24) is 9.78 Å². The largest absolute Gasteiger partial charge is 0.474 e. The maximum absolute atomic E-state index is 12.8. The van der Waals surface area contributed by atoms with E-state index in [0.717, 1.165) is 12.1 Å². The second-order valence-electron chi connectivity index (χ2n) is 6.41. The lowest BCUT2D eigenvalue weighted by Crippen LogP contribution is -2.11. The monoisotopic (exact) mass is 418 g/mol. The third-order valence-electron chi connectivity index (χ3n) is 3.79. The minimum Gasteiger partial charge on any atom is -0.474 e. The molecular weight excluding hydrogens is 397 g/mol. The molecule has 0 saturated heterocycles. The summed E-state index contributed by atoms with van der Waals surface area (Å²) in [6.45, 7) is 5.87. The Kier molecular flexibility index (Phi) is 7.35. The quantitative estimate of drug-likeness (QED) is 0.573. The molecule has 2 rings (SSSR count). The summed E-state index contributed by atoms with van der Waals surface area (Å²) in [6.07, 6.45) is -4.06. The van der Waals surface area contributed by atoms with Crippen LogP contribution in [0, 0.1) is 0 Å². The fourth-order valence-corrected chi connectivity index (χ4v) is 2.78. The summed E-state index contributed by atoms with van der Waals surface area (Å²) in [6, 6.07) is 4.90. The van der Waals surface area contributed by atoms with Crippen LogP contribution in [-0.2, 0) is 28.7 Å². The van der Waals surface area contributed by atoms with Crippen LogP contribution >= 0.6 is 11.6 Å². The Morgan fingerprint density at radius 3 is 2.57 bits per heavy atom. The molecule has 0 amide bonds. The molecule has 1 aromatic heterocycles. The summed E-state index contributed by atoms with van der Waals surface area (Å²) >= 11 is 6.05. The Morgan fingerprint density at radius 2 is 2.00 bits per heavy atom. The molecule has 0 aliphatic carbocycles. The highest BCUT2D eigenvalue weighted by atomic mass is 35.5. The number of halogens is 4. The number of hydrogen-bond donors (Lipinski definition) is 0. The van der Waals surface area contributed by atoms with E-state index in [1.807, 2.05) is 13.8 Å². The van der Waals surface area contributed by atoms with Crippen LogP contribution in [0.15, 0.2) is 24.3 Å². The molecule has 1 heterocycles. The molecule has 0 N–H and O–H groups in total. The topological polar surface area (TPSA) is 53.4 Å². The van der Waals surface area contributed by atoms with Crippen LogP contribution in [0.3, 0.4) is 0 Å².